The molecule has 0 aliphatic heterocycles. The highest BCUT2D eigenvalue weighted by Gasteiger charge is 1.99. The van der Waals surface area contributed by atoms with Gasteiger partial charge in [0.1, 0.15) is 0 Å². The topological polar surface area (TPSA) is 156 Å². The highest BCUT2D eigenvalue weighted by molar-refractivity contribution is 5.67. The first-order valence-electron chi connectivity index (χ1n) is 6.26. The Morgan fingerprint density at radius 2 is 1.14 bits per heavy atom. The molecule has 21 heavy (non-hydrogen) atoms. The van der Waals surface area contributed by atoms with Crippen LogP contribution in [0.2, 0.25) is 0 Å². The molecular weight excluding hydrogens is 284 g/mol. The first-order chi connectivity index (χ1) is 9.81. The van der Waals surface area contributed by atoms with Crippen molar-refractivity contribution in [3.8, 4) is 0 Å². The van der Waals surface area contributed by atoms with E-state index in [-0.39, 0.29) is 32.7 Å². The van der Waals surface area contributed by atoms with Gasteiger partial charge in [0.2, 0.25) is 0 Å². The Morgan fingerprint density at radius 3 is 1.24 bits per heavy atom. The minimum absolute atomic E-state index is 0.0628. The molecule has 1 unspecified atom stereocenters. The predicted octanol–water partition coefficient (Wildman–Crippen LogP) is -0.151. The highest BCUT2D eigenvalue weighted by atomic mass is 16.4. The van der Waals surface area contributed by atoms with E-state index in [1.807, 2.05) is 0 Å². The number of unbranched alkanes of at least 4 members (excludes halogenated alkanes) is 1. The number of aliphatic hydroxyl groups is 4. The fourth-order valence-electron chi connectivity index (χ4n) is 0.552. The van der Waals surface area contributed by atoms with Gasteiger partial charge in [-0.25, -0.2) is 0 Å². The Bertz CT molecular complexity index is 200. The lowest BCUT2D eigenvalue weighted by atomic mass is 10.2. The molecule has 0 bridgehead atoms. The standard InChI is InChI=1S/C6H10O4.C3H8O2.C2H6O2.C2H4/c7-5(8)3-1-2-4-6(9)10;1-3(5)2-4;3-1-2-4;1-2/h1-4H2,(H,7,8)(H,9,10);3-5H,2H2,1H3;3-4H,1-2H2;1-2H2. The van der Waals surface area contributed by atoms with E-state index in [2.05, 4.69) is 13.2 Å². The van der Waals surface area contributed by atoms with Gasteiger partial charge < -0.3 is 30.6 Å². The van der Waals surface area contributed by atoms with Gasteiger partial charge in [0.25, 0.3) is 0 Å². The number of rotatable bonds is 7. The smallest absolute Gasteiger partial charge is 0.303 e. The van der Waals surface area contributed by atoms with E-state index in [4.69, 9.17) is 30.6 Å². The maximum absolute atomic E-state index is 9.90. The summed E-state index contributed by atoms with van der Waals surface area (Å²) < 4.78 is 0. The van der Waals surface area contributed by atoms with Crippen LogP contribution in [-0.4, -0.2) is 68.5 Å². The van der Waals surface area contributed by atoms with Crippen LogP contribution in [-0.2, 0) is 9.59 Å². The minimum Gasteiger partial charge on any atom is -0.481 e. The number of carboxylic acids is 2. The lowest BCUT2D eigenvalue weighted by Gasteiger charge is -1.92. The molecule has 0 aromatic carbocycles. The van der Waals surface area contributed by atoms with Crippen molar-refractivity contribution in [1.82, 2.24) is 0 Å². The van der Waals surface area contributed by atoms with Gasteiger partial charge in [-0.15, -0.1) is 13.2 Å². The monoisotopic (exact) mass is 312 g/mol. The van der Waals surface area contributed by atoms with Crippen molar-refractivity contribution in [3.05, 3.63) is 13.2 Å². The van der Waals surface area contributed by atoms with Crippen molar-refractivity contribution < 1.29 is 40.2 Å². The second-order valence-electron chi connectivity index (χ2n) is 3.47. The van der Waals surface area contributed by atoms with E-state index in [1.54, 1.807) is 0 Å². The van der Waals surface area contributed by atoms with Crippen LogP contribution in [0.15, 0.2) is 13.2 Å². The van der Waals surface area contributed by atoms with Crippen molar-refractivity contribution in [2.75, 3.05) is 19.8 Å². The zero-order valence-electron chi connectivity index (χ0n) is 12.4. The van der Waals surface area contributed by atoms with Crippen molar-refractivity contribution >= 4 is 11.9 Å². The first kappa shape index (κ1) is 27.8. The summed E-state index contributed by atoms with van der Waals surface area (Å²) in [5.74, 6) is -1.74. The van der Waals surface area contributed by atoms with Gasteiger partial charge in [0.15, 0.2) is 0 Å². The maximum Gasteiger partial charge on any atom is 0.303 e. The number of aliphatic hydroxyl groups excluding tert-OH is 4. The Balaban J connectivity index is -0.000000110. The van der Waals surface area contributed by atoms with E-state index < -0.39 is 18.0 Å². The SMILES string of the molecule is C=C.CC(O)CO.O=C(O)CCCCC(=O)O.OCCO. The number of carboxylic acid groups (broad SMARTS) is 2. The van der Waals surface area contributed by atoms with E-state index in [1.165, 1.54) is 6.92 Å². The molecule has 0 fully saturated rings. The third kappa shape index (κ3) is 69.6. The fourth-order valence-corrected chi connectivity index (χ4v) is 0.552. The Morgan fingerprint density at radius 1 is 0.905 bits per heavy atom. The number of hydrogen-bond acceptors (Lipinski definition) is 6. The number of hydrogen-bond donors (Lipinski definition) is 6. The highest BCUT2D eigenvalue weighted by Crippen LogP contribution is 1.98. The third-order valence-corrected chi connectivity index (χ3v) is 1.40. The summed E-state index contributed by atoms with van der Waals surface area (Å²) in [6.07, 6.45) is 0.457. The fraction of sp³-hybridized carbons (Fsp3) is 0.692. The second-order valence-corrected chi connectivity index (χ2v) is 3.47. The molecule has 6 N–H and O–H groups in total. The van der Waals surface area contributed by atoms with Gasteiger partial charge in [-0.3, -0.25) is 9.59 Å². The van der Waals surface area contributed by atoms with Crippen LogP contribution in [0, 0.1) is 0 Å². The van der Waals surface area contributed by atoms with E-state index in [0.717, 1.165) is 0 Å². The van der Waals surface area contributed by atoms with Crippen LogP contribution in [0.5, 0.6) is 0 Å². The molecule has 0 saturated carbocycles. The van der Waals surface area contributed by atoms with Crippen LogP contribution < -0.4 is 0 Å². The van der Waals surface area contributed by atoms with Gasteiger partial charge in [-0.05, 0) is 19.8 Å². The number of aliphatic carboxylic acids is 2. The molecule has 0 heterocycles. The summed E-state index contributed by atoms with van der Waals surface area (Å²) in [4.78, 5) is 19.8. The molecule has 0 aromatic heterocycles. The van der Waals surface area contributed by atoms with E-state index >= 15 is 0 Å². The van der Waals surface area contributed by atoms with Crippen LogP contribution in [0.25, 0.3) is 0 Å². The Hall–Kier alpha value is -1.48. The molecule has 0 rings (SSSR count). The van der Waals surface area contributed by atoms with Crippen molar-refractivity contribution in [2.45, 2.75) is 38.7 Å². The molecule has 8 heteroatoms. The predicted molar refractivity (Wildman–Crippen MR) is 77.9 cm³/mol. The summed E-state index contributed by atoms with van der Waals surface area (Å²) in [7, 11) is 0. The lowest BCUT2D eigenvalue weighted by Crippen LogP contribution is -2.03. The summed E-state index contributed by atoms with van der Waals surface area (Å²) in [5, 5.41) is 47.5. The first-order valence-corrected chi connectivity index (χ1v) is 6.26. The average Bonchev–Trinajstić information content (AvgIpc) is 2.46. The zero-order valence-corrected chi connectivity index (χ0v) is 12.4. The van der Waals surface area contributed by atoms with Crippen molar-refractivity contribution in [1.29, 1.82) is 0 Å². The van der Waals surface area contributed by atoms with Crippen LogP contribution in [0.3, 0.4) is 0 Å². The van der Waals surface area contributed by atoms with E-state index in [0.29, 0.717) is 12.8 Å². The number of carbonyl (C=O) groups is 2. The summed E-state index contributed by atoms with van der Waals surface area (Å²) >= 11 is 0. The maximum atomic E-state index is 9.90. The molecule has 0 aliphatic rings. The third-order valence-electron chi connectivity index (χ3n) is 1.40. The Labute approximate surface area is 125 Å². The lowest BCUT2D eigenvalue weighted by molar-refractivity contribution is -0.139. The van der Waals surface area contributed by atoms with Crippen molar-refractivity contribution in [2.24, 2.45) is 0 Å². The van der Waals surface area contributed by atoms with Crippen LogP contribution in [0.4, 0.5) is 0 Å². The van der Waals surface area contributed by atoms with Gasteiger partial charge >= 0.3 is 11.9 Å². The van der Waals surface area contributed by atoms with Crippen molar-refractivity contribution in [3.63, 3.8) is 0 Å². The molecule has 0 aliphatic carbocycles. The summed E-state index contributed by atoms with van der Waals surface area (Å²) in [5.41, 5.74) is 0. The molecular formula is C13H28O8. The van der Waals surface area contributed by atoms with Gasteiger partial charge in [0.05, 0.1) is 25.9 Å². The average molecular weight is 312 g/mol. The zero-order chi connectivity index (χ0) is 17.7. The molecule has 0 aromatic rings. The van der Waals surface area contributed by atoms with Crippen LogP contribution in [0.1, 0.15) is 32.6 Å². The molecule has 0 saturated heterocycles. The molecule has 128 valence electrons. The molecule has 8 nitrogen and oxygen atoms in total. The van der Waals surface area contributed by atoms with Gasteiger partial charge in [-0.2, -0.15) is 0 Å². The van der Waals surface area contributed by atoms with Gasteiger partial charge in [-0.1, -0.05) is 0 Å². The quantitative estimate of drug-likeness (QED) is 0.280. The molecule has 0 amide bonds. The largest absolute Gasteiger partial charge is 0.481 e. The summed E-state index contributed by atoms with van der Waals surface area (Å²) in [6.45, 7) is 7.14. The van der Waals surface area contributed by atoms with Crippen LogP contribution >= 0.6 is 0 Å². The molecule has 0 radical (unpaired) electrons. The second kappa shape index (κ2) is 27.0. The molecule has 0 spiro atoms. The Kier molecular flexibility index (Phi) is 35.7. The van der Waals surface area contributed by atoms with Gasteiger partial charge in [0, 0.05) is 12.8 Å². The van der Waals surface area contributed by atoms with E-state index in [9.17, 15) is 9.59 Å². The minimum atomic E-state index is -0.870. The molecule has 1 atom stereocenters. The normalized spacial score (nSPS) is 9.57. The summed E-state index contributed by atoms with van der Waals surface area (Å²) in [6, 6.07) is 0.